The van der Waals surface area contributed by atoms with E-state index in [2.05, 4.69) is 10.1 Å². The molecule has 1 atom stereocenters. The maximum absolute atomic E-state index is 12.4. The van der Waals surface area contributed by atoms with Gasteiger partial charge in [-0.25, -0.2) is 8.78 Å². The number of rotatable bonds is 1. The molecule has 5 heteroatoms. The van der Waals surface area contributed by atoms with E-state index >= 15 is 0 Å². The molecule has 1 rings (SSSR count). The SMILES string of the molecule is COC(=O)[C@H]1CC(F)(F)CN1. The third-order valence-electron chi connectivity index (χ3n) is 1.60. The molecule has 1 N–H and O–H groups in total. The minimum Gasteiger partial charge on any atom is -0.468 e. The second-order valence-corrected chi connectivity index (χ2v) is 2.52. The maximum atomic E-state index is 12.4. The van der Waals surface area contributed by atoms with Gasteiger partial charge in [0.25, 0.3) is 5.92 Å². The Bertz CT molecular complexity index is 172. The first kappa shape index (κ1) is 8.39. The van der Waals surface area contributed by atoms with E-state index in [1.807, 2.05) is 0 Å². The van der Waals surface area contributed by atoms with Crippen LogP contribution in [0.4, 0.5) is 8.78 Å². The van der Waals surface area contributed by atoms with Crippen LogP contribution in [0.2, 0.25) is 0 Å². The second kappa shape index (κ2) is 2.73. The lowest BCUT2D eigenvalue weighted by atomic mass is 10.2. The van der Waals surface area contributed by atoms with E-state index in [0.717, 1.165) is 0 Å². The summed E-state index contributed by atoms with van der Waals surface area (Å²) in [6.45, 7) is -0.438. The van der Waals surface area contributed by atoms with Gasteiger partial charge in [-0.3, -0.25) is 10.1 Å². The highest BCUT2D eigenvalue weighted by molar-refractivity contribution is 5.76. The molecule has 0 aliphatic carbocycles. The maximum Gasteiger partial charge on any atom is 0.323 e. The summed E-state index contributed by atoms with van der Waals surface area (Å²) < 4.78 is 29.1. The van der Waals surface area contributed by atoms with Crippen molar-refractivity contribution in [3.8, 4) is 0 Å². The lowest BCUT2D eigenvalue weighted by Crippen LogP contribution is -2.31. The lowest BCUT2D eigenvalue weighted by molar-refractivity contribution is -0.143. The summed E-state index contributed by atoms with van der Waals surface area (Å²) in [5.74, 6) is -3.39. The van der Waals surface area contributed by atoms with Crippen molar-refractivity contribution in [3.63, 3.8) is 0 Å². The highest BCUT2D eigenvalue weighted by atomic mass is 19.3. The molecule has 11 heavy (non-hydrogen) atoms. The molecule has 1 saturated heterocycles. The van der Waals surface area contributed by atoms with Crippen LogP contribution in [0.1, 0.15) is 6.42 Å². The number of esters is 1. The van der Waals surface area contributed by atoms with Crippen LogP contribution in [0.3, 0.4) is 0 Å². The van der Waals surface area contributed by atoms with Gasteiger partial charge in [0.15, 0.2) is 0 Å². The van der Waals surface area contributed by atoms with Crippen molar-refractivity contribution < 1.29 is 18.3 Å². The Morgan fingerprint density at radius 1 is 1.73 bits per heavy atom. The van der Waals surface area contributed by atoms with Crippen LogP contribution in [0.5, 0.6) is 0 Å². The first-order valence-electron chi connectivity index (χ1n) is 3.24. The first-order valence-corrected chi connectivity index (χ1v) is 3.24. The number of hydrogen-bond donors (Lipinski definition) is 1. The molecule has 3 nitrogen and oxygen atoms in total. The number of alkyl halides is 2. The predicted octanol–water partition coefficient (Wildman–Crippen LogP) is 0.157. The van der Waals surface area contributed by atoms with Crippen molar-refractivity contribution in [2.75, 3.05) is 13.7 Å². The van der Waals surface area contributed by atoms with Gasteiger partial charge in [0.2, 0.25) is 0 Å². The fourth-order valence-corrected chi connectivity index (χ4v) is 1.02. The van der Waals surface area contributed by atoms with E-state index in [1.165, 1.54) is 7.11 Å². The van der Waals surface area contributed by atoms with Crippen LogP contribution < -0.4 is 5.32 Å². The molecule has 1 heterocycles. The smallest absolute Gasteiger partial charge is 0.323 e. The molecule has 0 bridgehead atoms. The number of hydrogen-bond acceptors (Lipinski definition) is 3. The fraction of sp³-hybridized carbons (Fsp3) is 0.833. The summed E-state index contributed by atoms with van der Waals surface area (Å²) in [7, 11) is 1.18. The monoisotopic (exact) mass is 165 g/mol. The Balaban J connectivity index is 2.48. The largest absolute Gasteiger partial charge is 0.468 e. The van der Waals surface area contributed by atoms with Crippen molar-refractivity contribution in [1.82, 2.24) is 5.32 Å². The molecule has 1 aliphatic heterocycles. The lowest BCUT2D eigenvalue weighted by Gasteiger charge is -2.06. The van der Waals surface area contributed by atoms with Gasteiger partial charge in [-0.1, -0.05) is 0 Å². The second-order valence-electron chi connectivity index (χ2n) is 2.52. The topological polar surface area (TPSA) is 38.3 Å². The molecule has 1 fully saturated rings. The third kappa shape index (κ3) is 1.86. The molecular weight excluding hydrogens is 156 g/mol. The summed E-state index contributed by atoms with van der Waals surface area (Å²) in [5.41, 5.74) is 0. The molecule has 1 aliphatic rings. The molecular formula is C6H9F2NO2. The van der Waals surface area contributed by atoms with Crippen LogP contribution in [-0.4, -0.2) is 31.6 Å². The van der Waals surface area contributed by atoms with E-state index in [0.29, 0.717) is 0 Å². The van der Waals surface area contributed by atoms with E-state index in [1.54, 1.807) is 0 Å². The van der Waals surface area contributed by atoms with Crippen LogP contribution in [-0.2, 0) is 9.53 Å². The van der Waals surface area contributed by atoms with Gasteiger partial charge in [-0.2, -0.15) is 0 Å². The van der Waals surface area contributed by atoms with E-state index in [4.69, 9.17) is 0 Å². The molecule has 64 valence electrons. The molecule has 0 aromatic carbocycles. The average Bonchev–Trinajstić information content (AvgIpc) is 2.29. The van der Waals surface area contributed by atoms with E-state index < -0.39 is 30.9 Å². The number of ether oxygens (including phenoxy) is 1. The molecule has 0 saturated carbocycles. The number of carbonyl (C=O) groups is 1. The van der Waals surface area contributed by atoms with Crippen molar-refractivity contribution in [2.45, 2.75) is 18.4 Å². The van der Waals surface area contributed by atoms with Crippen LogP contribution in [0.15, 0.2) is 0 Å². The average molecular weight is 165 g/mol. The van der Waals surface area contributed by atoms with Crippen molar-refractivity contribution in [3.05, 3.63) is 0 Å². The van der Waals surface area contributed by atoms with Crippen molar-refractivity contribution >= 4 is 5.97 Å². The summed E-state index contributed by atoms with van der Waals surface area (Å²) >= 11 is 0. The predicted molar refractivity (Wildman–Crippen MR) is 33.4 cm³/mol. The van der Waals surface area contributed by atoms with Gasteiger partial charge in [0.1, 0.15) is 6.04 Å². The minimum atomic E-state index is -2.77. The Labute approximate surface area is 62.7 Å². The van der Waals surface area contributed by atoms with Gasteiger partial charge in [-0.05, 0) is 0 Å². The van der Waals surface area contributed by atoms with E-state index in [-0.39, 0.29) is 0 Å². The quantitative estimate of drug-likeness (QED) is 0.562. The van der Waals surface area contributed by atoms with Crippen molar-refractivity contribution in [1.29, 1.82) is 0 Å². The highest BCUT2D eigenvalue weighted by Crippen LogP contribution is 2.25. The van der Waals surface area contributed by atoms with Crippen molar-refractivity contribution in [2.24, 2.45) is 0 Å². The van der Waals surface area contributed by atoms with Gasteiger partial charge in [0, 0.05) is 6.42 Å². The first-order chi connectivity index (χ1) is 5.05. The molecule has 0 unspecified atom stereocenters. The van der Waals surface area contributed by atoms with E-state index in [9.17, 15) is 13.6 Å². The Morgan fingerprint density at radius 2 is 2.36 bits per heavy atom. The summed E-state index contributed by atoms with van der Waals surface area (Å²) in [6.07, 6.45) is -0.459. The van der Waals surface area contributed by atoms with Gasteiger partial charge >= 0.3 is 5.97 Å². The normalized spacial score (nSPS) is 28.5. The fourth-order valence-electron chi connectivity index (χ4n) is 1.02. The summed E-state index contributed by atoms with van der Waals surface area (Å²) in [4.78, 5) is 10.7. The summed E-state index contributed by atoms with van der Waals surface area (Å²) in [5, 5.41) is 2.37. The number of methoxy groups -OCH3 is 1. The van der Waals surface area contributed by atoms with Gasteiger partial charge in [0.05, 0.1) is 13.7 Å². The number of nitrogens with one attached hydrogen (secondary N) is 1. The van der Waals surface area contributed by atoms with Crippen LogP contribution in [0.25, 0.3) is 0 Å². The highest BCUT2D eigenvalue weighted by Gasteiger charge is 2.42. The zero-order chi connectivity index (χ0) is 8.48. The molecule has 0 spiro atoms. The molecule has 0 aromatic rings. The molecule has 0 aromatic heterocycles. The number of halogens is 2. The Kier molecular flexibility index (Phi) is 2.08. The standard InChI is InChI=1S/C6H9F2NO2/c1-11-5(10)4-2-6(7,8)3-9-4/h4,9H,2-3H2,1H3/t4-/m1/s1. The molecule has 0 amide bonds. The summed E-state index contributed by atoms with van der Waals surface area (Å²) in [6, 6.07) is -0.838. The van der Waals surface area contributed by atoms with Gasteiger partial charge < -0.3 is 4.74 Å². The third-order valence-corrected chi connectivity index (χ3v) is 1.60. The zero-order valence-electron chi connectivity index (χ0n) is 6.06. The zero-order valence-corrected chi connectivity index (χ0v) is 6.06. The molecule has 0 radical (unpaired) electrons. The Hall–Kier alpha value is -0.710. The van der Waals surface area contributed by atoms with Crippen LogP contribution >= 0.6 is 0 Å². The van der Waals surface area contributed by atoms with Gasteiger partial charge in [-0.15, -0.1) is 0 Å². The number of carbonyl (C=O) groups excluding carboxylic acids is 1. The minimum absolute atomic E-state index is 0.438. The van der Waals surface area contributed by atoms with Crippen LogP contribution in [0, 0.1) is 0 Å². The Morgan fingerprint density at radius 3 is 2.73 bits per heavy atom.